The van der Waals surface area contributed by atoms with Crippen LogP contribution in [0.2, 0.25) is 0 Å². The molecule has 3 N–H and O–H groups in total. The molecular weight excluding hydrogens is 320 g/mol. The Bertz CT molecular complexity index is 545. The predicted molar refractivity (Wildman–Crippen MR) is 98.6 cm³/mol. The molecule has 0 aliphatic rings. The van der Waals surface area contributed by atoms with Crippen molar-refractivity contribution < 1.29 is 19.1 Å². The van der Waals surface area contributed by atoms with Crippen molar-refractivity contribution in [2.75, 3.05) is 18.5 Å². The molecule has 0 aromatic heterocycles. The van der Waals surface area contributed by atoms with Crippen LogP contribution < -0.4 is 15.8 Å². The number of benzene rings is 1. The molecule has 0 bridgehead atoms. The van der Waals surface area contributed by atoms with Gasteiger partial charge in [-0.25, -0.2) is 0 Å². The van der Waals surface area contributed by atoms with Gasteiger partial charge in [-0.3, -0.25) is 9.59 Å². The van der Waals surface area contributed by atoms with Gasteiger partial charge in [-0.1, -0.05) is 33.1 Å². The minimum absolute atomic E-state index is 0.150. The third-order valence-corrected chi connectivity index (χ3v) is 3.86. The quantitative estimate of drug-likeness (QED) is 0.566. The molecule has 0 saturated carbocycles. The summed E-state index contributed by atoms with van der Waals surface area (Å²) in [4.78, 5) is 23.4. The lowest BCUT2D eigenvalue weighted by atomic mass is 9.96. The fourth-order valence-electron chi connectivity index (χ4n) is 2.34. The van der Waals surface area contributed by atoms with Gasteiger partial charge in [-0.2, -0.15) is 0 Å². The van der Waals surface area contributed by atoms with E-state index in [9.17, 15) is 9.59 Å². The Balaban J connectivity index is 2.69. The summed E-state index contributed by atoms with van der Waals surface area (Å²) in [5, 5.41) is 2.90. The van der Waals surface area contributed by atoms with Gasteiger partial charge >= 0.3 is 0 Å². The molecule has 0 radical (unpaired) electrons. The molecule has 0 aliphatic heterocycles. The molecule has 6 nitrogen and oxygen atoms in total. The number of nitrogens with two attached hydrogens (primary N) is 1. The van der Waals surface area contributed by atoms with Crippen molar-refractivity contribution in [2.24, 2.45) is 5.73 Å². The maximum absolute atomic E-state index is 12.7. The Morgan fingerprint density at radius 3 is 2.36 bits per heavy atom. The van der Waals surface area contributed by atoms with Crippen molar-refractivity contribution in [2.45, 2.75) is 58.5 Å². The Hall–Kier alpha value is -2.08. The standard InChI is InChI=1S/C19H30N2O4/c1-4-6-7-12-19(3,25-13-5-2)18(23)21-15-8-10-16(11-9-15)24-14-17(20)22/h8-11H,4-7,12-14H2,1-3H3,(H2,20,22)(H,21,23)/t19-/m1/s1. The molecule has 1 rings (SSSR count). The van der Waals surface area contributed by atoms with Crippen LogP contribution in [-0.2, 0) is 14.3 Å². The van der Waals surface area contributed by atoms with Gasteiger partial charge < -0.3 is 20.5 Å². The molecule has 0 heterocycles. The largest absolute Gasteiger partial charge is 0.484 e. The van der Waals surface area contributed by atoms with Gasteiger partial charge in [-0.15, -0.1) is 0 Å². The lowest BCUT2D eigenvalue weighted by molar-refractivity contribution is -0.140. The number of nitrogens with one attached hydrogen (secondary N) is 1. The first-order valence-electron chi connectivity index (χ1n) is 8.88. The van der Waals surface area contributed by atoms with Crippen LogP contribution >= 0.6 is 0 Å². The summed E-state index contributed by atoms with van der Waals surface area (Å²) in [6, 6.07) is 6.81. The average molecular weight is 350 g/mol. The maximum Gasteiger partial charge on any atom is 0.256 e. The van der Waals surface area contributed by atoms with E-state index in [1.54, 1.807) is 24.3 Å². The molecular formula is C19H30N2O4. The van der Waals surface area contributed by atoms with Crippen molar-refractivity contribution in [1.82, 2.24) is 0 Å². The molecule has 0 unspecified atom stereocenters. The van der Waals surface area contributed by atoms with Crippen LogP contribution in [0.5, 0.6) is 5.75 Å². The van der Waals surface area contributed by atoms with Gasteiger partial charge in [0.25, 0.3) is 11.8 Å². The molecule has 0 spiro atoms. The normalized spacial score (nSPS) is 13.1. The van der Waals surface area contributed by atoms with Crippen LogP contribution in [-0.4, -0.2) is 30.6 Å². The second-order valence-electron chi connectivity index (χ2n) is 6.27. The number of unbranched alkanes of at least 4 members (excludes halogenated alkanes) is 2. The summed E-state index contributed by atoms with van der Waals surface area (Å²) in [6.07, 6.45) is 4.67. The first-order valence-corrected chi connectivity index (χ1v) is 8.88. The minimum Gasteiger partial charge on any atom is -0.484 e. The third-order valence-electron chi connectivity index (χ3n) is 3.86. The molecule has 1 aromatic rings. The molecule has 6 heteroatoms. The monoisotopic (exact) mass is 350 g/mol. The fourth-order valence-corrected chi connectivity index (χ4v) is 2.34. The zero-order valence-corrected chi connectivity index (χ0v) is 15.5. The summed E-state index contributed by atoms with van der Waals surface area (Å²) in [7, 11) is 0. The summed E-state index contributed by atoms with van der Waals surface area (Å²) in [5.41, 5.74) is 4.85. The summed E-state index contributed by atoms with van der Waals surface area (Å²) in [5.74, 6) is -0.166. The van der Waals surface area contributed by atoms with Crippen LogP contribution in [0.4, 0.5) is 5.69 Å². The number of amides is 2. The van der Waals surface area contributed by atoms with E-state index in [0.29, 0.717) is 24.5 Å². The van der Waals surface area contributed by atoms with Gasteiger partial charge in [0.2, 0.25) is 0 Å². The number of hydrogen-bond acceptors (Lipinski definition) is 4. The van der Waals surface area contributed by atoms with Gasteiger partial charge in [0.15, 0.2) is 6.61 Å². The minimum atomic E-state index is -0.841. The van der Waals surface area contributed by atoms with Crippen LogP contribution in [0.3, 0.4) is 0 Å². The van der Waals surface area contributed by atoms with E-state index in [4.69, 9.17) is 15.2 Å². The molecule has 0 fully saturated rings. The summed E-state index contributed by atoms with van der Waals surface area (Å²) >= 11 is 0. The highest BCUT2D eigenvalue weighted by Gasteiger charge is 2.33. The van der Waals surface area contributed by atoms with E-state index in [1.165, 1.54) is 0 Å². The Morgan fingerprint density at radius 1 is 1.12 bits per heavy atom. The average Bonchev–Trinajstić information content (AvgIpc) is 2.59. The molecule has 0 saturated heterocycles. The lowest BCUT2D eigenvalue weighted by Gasteiger charge is -2.28. The zero-order chi connectivity index (χ0) is 18.7. The zero-order valence-electron chi connectivity index (χ0n) is 15.5. The fraction of sp³-hybridized carbons (Fsp3) is 0.579. The number of primary amides is 1. The molecule has 0 aliphatic carbocycles. The van der Waals surface area contributed by atoms with Gasteiger partial charge in [0.05, 0.1) is 0 Å². The van der Waals surface area contributed by atoms with E-state index >= 15 is 0 Å². The number of ether oxygens (including phenoxy) is 2. The number of carbonyl (C=O) groups excluding carboxylic acids is 2. The first-order chi connectivity index (χ1) is 11.9. The van der Waals surface area contributed by atoms with Crippen LogP contribution in [0, 0.1) is 0 Å². The maximum atomic E-state index is 12.7. The van der Waals surface area contributed by atoms with Crippen LogP contribution in [0.15, 0.2) is 24.3 Å². The number of rotatable bonds is 12. The summed E-state index contributed by atoms with van der Waals surface area (Å²) in [6.45, 7) is 6.38. The highest BCUT2D eigenvalue weighted by atomic mass is 16.5. The first kappa shape index (κ1) is 21.0. The second-order valence-corrected chi connectivity index (χ2v) is 6.27. The third kappa shape index (κ3) is 7.56. The molecule has 2 amide bonds. The van der Waals surface area contributed by atoms with Gasteiger partial charge in [-0.05, 0) is 44.0 Å². The smallest absolute Gasteiger partial charge is 0.256 e. The highest BCUT2D eigenvalue weighted by Crippen LogP contribution is 2.23. The Labute approximate surface area is 150 Å². The second kappa shape index (κ2) is 10.7. The van der Waals surface area contributed by atoms with E-state index in [2.05, 4.69) is 12.2 Å². The molecule has 140 valence electrons. The van der Waals surface area contributed by atoms with Crippen LogP contribution in [0.25, 0.3) is 0 Å². The molecule has 1 aromatic carbocycles. The Kier molecular flexibility index (Phi) is 8.99. The van der Waals surface area contributed by atoms with E-state index in [0.717, 1.165) is 25.7 Å². The van der Waals surface area contributed by atoms with Crippen molar-refractivity contribution in [3.8, 4) is 5.75 Å². The number of hydrogen-bond donors (Lipinski definition) is 2. The number of anilines is 1. The highest BCUT2D eigenvalue weighted by molar-refractivity contribution is 5.97. The van der Waals surface area contributed by atoms with Crippen molar-refractivity contribution in [3.63, 3.8) is 0 Å². The topological polar surface area (TPSA) is 90.7 Å². The van der Waals surface area contributed by atoms with Crippen molar-refractivity contribution in [1.29, 1.82) is 0 Å². The van der Waals surface area contributed by atoms with E-state index in [1.807, 2.05) is 13.8 Å². The van der Waals surface area contributed by atoms with Gasteiger partial charge in [0.1, 0.15) is 11.4 Å². The SMILES string of the molecule is CCCCC[C@@](C)(OCCC)C(=O)Nc1ccc(OCC(N)=O)cc1. The molecule has 25 heavy (non-hydrogen) atoms. The van der Waals surface area contributed by atoms with E-state index in [-0.39, 0.29) is 12.5 Å². The Morgan fingerprint density at radius 2 is 1.80 bits per heavy atom. The summed E-state index contributed by atoms with van der Waals surface area (Å²) < 4.78 is 11.1. The van der Waals surface area contributed by atoms with Gasteiger partial charge in [0, 0.05) is 12.3 Å². The number of carbonyl (C=O) groups is 2. The van der Waals surface area contributed by atoms with Crippen LogP contribution in [0.1, 0.15) is 52.9 Å². The van der Waals surface area contributed by atoms with Crippen molar-refractivity contribution >= 4 is 17.5 Å². The predicted octanol–water partition coefficient (Wildman–Crippen LogP) is 3.25. The molecule has 1 atom stereocenters. The van der Waals surface area contributed by atoms with Crippen molar-refractivity contribution in [3.05, 3.63) is 24.3 Å². The van der Waals surface area contributed by atoms with E-state index < -0.39 is 11.5 Å². The lowest BCUT2D eigenvalue weighted by Crippen LogP contribution is -2.43.